The minimum atomic E-state index is -0.165. The molecule has 2 aromatic rings. The van der Waals surface area contributed by atoms with E-state index >= 15 is 0 Å². The summed E-state index contributed by atoms with van der Waals surface area (Å²) in [6.45, 7) is 1.76. The third-order valence-electron chi connectivity index (χ3n) is 2.24. The predicted octanol–water partition coefficient (Wildman–Crippen LogP) is 3.01. The van der Waals surface area contributed by atoms with Crippen LogP contribution in [0.5, 0.6) is 5.75 Å². The van der Waals surface area contributed by atoms with Crippen LogP contribution in [0.25, 0.3) is 0 Å². The average Bonchev–Trinajstić information content (AvgIpc) is 2.74. The van der Waals surface area contributed by atoms with Crippen molar-refractivity contribution in [2.75, 3.05) is 5.32 Å². The molecular formula is C12H11NO2S. The summed E-state index contributed by atoms with van der Waals surface area (Å²) in [5, 5.41) is 15.9. The van der Waals surface area contributed by atoms with Gasteiger partial charge in [0.25, 0.3) is 5.91 Å². The van der Waals surface area contributed by atoms with Crippen molar-refractivity contribution < 1.29 is 9.90 Å². The van der Waals surface area contributed by atoms with Crippen molar-refractivity contribution in [3.05, 3.63) is 46.2 Å². The Morgan fingerprint density at radius 2 is 2.19 bits per heavy atom. The molecule has 4 heteroatoms. The van der Waals surface area contributed by atoms with Crippen molar-refractivity contribution in [3.63, 3.8) is 0 Å². The van der Waals surface area contributed by atoms with E-state index in [1.807, 2.05) is 16.8 Å². The summed E-state index contributed by atoms with van der Waals surface area (Å²) < 4.78 is 0. The Morgan fingerprint density at radius 3 is 2.81 bits per heavy atom. The molecule has 0 aliphatic carbocycles. The first kappa shape index (κ1) is 10.7. The standard InChI is InChI=1S/C12H11NO2S/c1-8-6-9(2-3-11(8)14)12(15)13-10-4-5-16-7-10/h2-7,14H,1H3,(H,13,15). The Morgan fingerprint density at radius 1 is 1.38 bits per heavy atom. The van der Waals surface area contributed by atoms with Gasteiger partial charge >= 0.3 is 0 Å². The average molecular weight is 233 g/mol. The van der Waals surface area contributed by atoms with Crippen LogP contribution in [0.1, 0.15) is 15.9 Å². The zero-order valence-electron chi connectivity index (χ0n) is 8.73. The number of aryl methyl sites for hydroxylation is 1. The Kier molecular flexibility index (Phi) is 2.92. The highest BCUT2D eigenvalue weighted by atomic mass is 32.1. The topological polar surface area (TPSA) is 49.3 Å². The van der Waals surface area contributed by atoms with Gasteiger partial charge in [-0.15, -0.1) is 0 Å². The number of anilines is 1. The van der Waals surface area contributed by atoms with Crippen LogP contribution in [-0.4, -0.2) is 11.0 Å². The fourth-order valence-corrected chi connectivity index (χ4v) is 1.92. The smallest absolute Gasteiger partial charge is 0.255 e. The van der Waals surface area contributed by atoms with Gasteiger partial charge in [-0.1, -0.05) is 0 Å². The van der Waals surface area contributed by atoms with Gasteiger partial charge in [0, 0.05) is 10.9 Å². The Balaban J connectivity index is 2.18. The number of hydrogen-bond donors (Lipinski definition) is 2. The number of carbonyl (C=O) groups is 1. The van der Waals surface area contributed by atoms with Gasteiger partial charge in [0.05, 0.1) is 5.69 Å². The molecule has 2 N–H and O–H groups in total. The van der Waals surface area contributed by atoms with Crippen LogP contribution in [0, 0.1) is 6.92 Å². The quantitative estimate of drug-likeness (QED) is 0.837. The molecule has 0 aliphatic heterocycles. The van der Waals surface area contributed by atoms with Gasteiger partial charge in [0.2, 0.25) is 0 Å². The lowest BCUT2D eigenvalue weighted by molar-refractivity contribution is 0.102. The van der Waals surface area contributed by atoms with E-state index in [1.54, 1.807) is 19.1 Å². The maximum absolute atomic E-state index is 11.8. The highest BCUT2D eigenvalue weighted by Gasteiger charge is 2.07. The van der Waals surface area contributed by atoms with Gasteiger partial charge in [-0.05, 0) is 42.1 Å². The molecule has 1 heterocycles. The molecule has 0 bridgehead atoms. The molecule has 0 unspecified atom stereocenters. The van der Waals surface area contributed by atoms with Crippen molar-refractivity contribution in [2.24, 2.45) is 0 Å². The van der Waals surface area contributed by atoms with Crippen molar-refractivity contribution in [1.82, 2.24) is 0 Å². The van der Waals surface area contributed by atoms with E-state index in [9.17, 15) is 9.90 Å². The van der Waals surface area contributed by atoms with Crippen molar-refractivity contribution in [2.45, 2.75) is 6.92 Å². The molecule has 16 heavy (non-hydrogen) atoms. The molecule has 82 valence electrons. The summed E-state index contributed by atoms with van der Waals surface area (Å²) in [6.07, 6.45) is 0. The van der Waals surface area contributed by atoms with Crippen LogP contribution in [0.3, 0.4) is 0 Å². The summed E-state index contributed by atoms with van der Waals surface area (Å²) >= 11 is 1.53. The Labute approximate surface area is 97.4 Å². The number of amides is 1. The van der Waals surface area contributed by atoms with E-state index in [0.29, 0.717) is 11.1 Å². The summed E-state index contributed by atoms with van der Waals surface area (Å²) in [5.74, 6) is 0.0357. The molecule has 0 aliphatic rings. The third kappa shape index (κ3) is 2.23. The van der Waals surface area contributed by atoms with E-state index in [1.165, 1.54) is 17.4 Å². The fourth-order valence-electron chi connectivity index (χ4n) is 1.34. The molecule has 3 nitrogen and oxygen atoms in total. The van der Waals surface area contributed by atoms with Crippen LogP contribution in [0.4, 0.5) is 5.69 Å². The number of carbonyl (C=O) groups excluding carboxylic acids is 1. The number of thiophene rings is 1. The summed E-state index contributed by atoms with van der Waals surface area (Å²) in [7, 11) is 0. The highest BCUT2D eigenvalue weighted by Crippen LogP contribution is 2.18. The van der Waals surface area contributed by atoms with E-state index in [-0.39, 0.29) is 11.7 Å². The van der Waals surface area contributed by atoms with Crippen LogP contribution < -0.4 is 5.32 Å². The van der Waals surface area contributed by atoms with Gasteiger partial charge in [-0.2, -0.15) is 11.3 Å². The second-order valence-electron chi connectivity index (χ2n) is 3.47. The lowest BCUT2D eigenvalue weighted by atomic mass is 10.1. The van der Waals surface area contributed by atoms with Gasteiger partial charge in [0.15, 0.2) is 0 Å². The molecule has 0 saturated heterocycles. The minimum absolute atomic E-state index is 0.165. The summed E-state index contributed by atoms with van der Waals surface area (Å²) in [6, 6.07) is 6.63. The first-order chi connectivity index (χ1) is 7.66. The Bertz CT molecular complexity index is 506. The Hall–Kier alpha value is -1.81. The third-order valence-corrected chi connectivity index (χ3v) is 2.92. The first-order valence-electron chi connectivity index (χ1n) is 4.80. The number of phenolic OH excluding ortho intramolecular Hbond substituents is 1. The molecule has 1 aromatic heterocycles. The zero-order chi connectivity index (χ0) is 11.5. The van der Waals surface area contributed by atoms with Gasteiger partial charge in [-0.3, -0.25) is 4.79 Å². The molecule has 2 rings (SSSR count). The fraction of sp³-hybridized carbons (Fsp3) is 0.0833. The second-order valence-corrected chi connectivity index (χ2v) is 4.25. The molecule has 0 atom stereocenters. The lowest BCUT2D eigenvalue weighted by Gasteiger charge is -2.04. The van der Waals surface area contributed by atoms with Crippen molar-refractivity contribution in [3.8, 4) is 5.75 Å². The normalized spacial score (nSPS) is 10.1. The minimum Gasteiger partial charge on any atom is -0.508 e. The number of rotatable bonds is 2. The van der Waals surface area contributed by atoms with Gasteiger partial charge in [0.1, 0.15) is 5.75 Å². The molecule has 0 radical (unpaired) electrons. The SMILES string of the molecule is Cc1cc(C(=O)Nc2ccsc2)ccc1O. The molecule has 0 saturated carbocycles. The lowest BCUT2D eigenvalue weighted by Crippen LogP contribution is -2.11. The molecular weight excluding hydrogens is 222 g/mol. The molecule has 1 amide bonds. The van der Waals surface area contributed by atoms with Crippen LogP contribution in [0.15, 0.2) is 35.0 Å². The van der Waals surface area contributed by atoms with Crippen LogP contribution in [-0.2, 0) is 0 Å². The first-order valence-corrected chi connectivity index (χ1v) is 5.74. The maximum Gasteiger partial charge on any atom is 0.255 e. The molecule has 1 aromatic carbocycles. The second kappa shape index (κ2) is 4.37. The van der Waals surface area contributed by atoms with Gasteiger partial charge < -0.3 is 10.4 Å². The van der Waals surface area contributed by atoms with Crippen LogP contribution in [0.2, 0.25) is 0 Å². The number of benzene rings is 1. The summed E-state index contributed by atoms with van der Waals surface area (Å²) in [4.78, 5) is 11.8. The molecule has 0 fully saturated rings. The molecule has 0 spiro atoms. The summed E-state index contributed by atoms with van der Waals surface area (Å²) in [5.41, 5.74) is 2.03. The monoisotopic (exact) mass is 233 g/mol. The van der Waals surface area contributed by atoms with Crippen molar-refractivity contribution >= 4 is 22.9 Å². The van der Waals surface area contributed by atoms with Crippen molar-refractivity contribution in [1.29, 1.82) is 0 Å². The van der Waals surface area contributed by atoms with E-state index in [2.05, 4.69) is 5.32 Å². The van der Waals surface area contributed by atoms with E-state index in [4.69, 9.17) is 0 Å². The number of hydrogen-bond acceptors (Lipinski definition) is 3. The largest absolute Gasteiger partial charge is 0.508 e. The number of nitrogens with one attached hydrogen (secondary N) is 1. The van der Waals surface area contributed by atoms with Gasteiger partial charge in [-0.25, -0.2) is 0 Å². The highest BCUT2D eigenvalue weighted by molar-refractivity contribution is 7.08. The number of phenols is 1. The van der Waals surface area contributed by atoms with E-state index in [0.717, 1.165) is 5.69 Å². The van der Waals surface area contributed by atoms with E-state index < -0.39 is 0 Å². The maximum atomic E-state index is 11.8. The van der Waals surface area contributed by atoms with Crippen LogP contribution >= 0.6 is 11.3 Å². The predicted molar refractivity (Wildman–Crippen MR) is 65.1 cm³/mol. The zero-order valence-corrected chi connectivity index (χ0v) is 9.54. The number of aromatic hydroxyl groups is 1.